The molecule has 3 rings (SSSR count). The van der Waals surface area contributed by atoms with Crippen LogP contribution in [0.4, 0.5) is 0 Å². The van der Waals surface area contributed by atoms with Crippen molar-refractivity contribution in [3.8, 4) is 0 Å². The maximum absolute atomic E-state index is 4.53. The van der Waals surface area contributed by atoms with Gasteiger partial charge in [-0.3, -0.25) is 9.58 Å². The van der Waals surface area contributed by atoms with Crippen LogP contribution in [0.1, 0.15) is 29.0 Å². The molecular weight excluding hydrogens is 304 g/mol. The quantitative estimate of drug-likeness (QED) is 0.792. The number of hydrogen-bond acceptors (Lipinski definition) is 4. The number of aryl methyl sites for hydroxylation is 1. The summed E-state index contributed by atoms with van der Waals surface area (Å²) in [6.07, 6.45) is 6.56. The molecule has 2 aromatic rings. The predicted molar refractivity (Wildman–Crippen MR) is 96.6 cm³/mol. The van der Waals surface area contributed by atoms with E-state index in [4.69, 9.17) is 0 Å². The molecule has 1 saturated heterocycles. The van der Waals surface area contributed by atoms with Crippen LogP contribution >= 0.6 is 11.3 Å². The van der Waals surface area contributed by atoms with Gasteiger partial charge in [0.15, 0.2) is 0 Å². The van der Waals surface area contributed by atoms with E-state index in [2.05, 4.69) is 52.5 Å². The van der Waals surface area contributed by atoms with Gasteiger partial charge in [-0.15, -0.1) is 17.9 Å². The fourth-order valence-corrected chi connectivity index (χ4v) is 3.95. The molecule has 3 heterocycles. The van der Waals surface area contributed by atoms with Gasteiger partial charge in [0.05, 0.1) is 12.2 Å². The minimum absolute atomic E-state index is 0.575. The van der Waals surface area contributed by atoms with Crippen LogP contribution < -0.4 is 5.32 Å². The van der Waals surface area contributed by atoms with Crippen molar-refractivity contribution in [1.29, 1.82) is 0 Å². The molecule has 1 fully saturated rings. The molecule has 23 heavy (non-hydrogen) atoms. The molecule has 1 aliphatic rings. The molecule has 1 aliphatic heterocycles. The van der Waals surface area contributed by atoms with Crippen LogP contribution in [-0.2, 0) is 19.6 Å². The van der Waals surface area contributed by atoms with Crippen LogP contribution in [-0.4, -0.2) is 33.8 Å². The first-order valence-corrected chi connectivity index (χ1v) is 9.24. The van der Waals surface area contributed by atoms with Crippen molar-refractivity contribution in [2.24, 2.45) is 0 Å². The molecule has 5 heteroatoms. The minimum atomic E-state index is 0.575. The SMILES string of the molecule is C=CCn1cc(CNC2CCCN(Cc3cccs3)C2)c(C)n1. The number of thiophene rings is 1. The monoisotopic (exact) mass is 330 g/mol. The molecule has 2 aromatic heterocycles. The van der Waals surface area contributed by atoms with Gasteiger partial charge in [0.25, 0.3) is 0 Å². The van der Waals surface area contributed by atoms with Gasteiger partial charge in [-0.05, 0) is 37.8 Å². The Kier molecular flexibility index (Phi) is 5.65. The summed E-state index contributed by atoms with van der Waals surface area (Å²) in [6.45, 7) is 11.0. The van der Waals surface area contributed by atoms with E-state index in [1.165, 1.54) is 29.8 Å². The number of likely N-dealkylation sites (tertiary alicyclic amines) is 1. The first-order valence-electron chi connectivity index (χ1n) is 8.36. The molecule has 0 amide bonds. The van der Waals surface area contributed by atoms with Gasteiger partial charge in [0, 0.05) is 42.3 Å². The Balaban J connectivity index is 1.50. The third kappa shape index (κ3) is 4.53. The molecule has 1 unspecified atom stereocenters. The second-order valence-corrected chi connectivity index (χ2v) is 7.32. The van der Waals surface area contributed by atoms with E-state index >= 15 is 0 Å². The number of allylic oxidation sites excluding steroid dienone is 1. The first kappa shape index (κ1) is 16.4. The van der Waals surface area contributed by atoms with E-state index in [9.17, 15) is 0 Å². The minimum Gasteiger partial charge on any atom is -0.309 e. The third-order valence-electron chi connectivity index (χ3n) is 4.41. The lowest BCUT2D eigenvalue weighted by atomic mass is 10.1. The summed E-state index contributed by atoms with van der Waals surface area (Å²) in [5.74, 6) is 0. The van der Waals surface area contributed by atoms with Crippen LogP contribution in [0.15, 0.2) is 36.4 Å². The number of nitrogens with one attached hydrogen (secondary N) is 1. The fraction of sp³-hybridized carbons (Fsp3) is 0.500. The molecule has 0 bridgehead atoms. The zero-order chi connectivity index (χ0) is 16.1. The zero-order valence-electron chi connectivity index (χ0n) is 13.9. The van der Waals surface area contributed by atoms with Crippen molar-refractivity contribution >= 4 is 11.3 Å². The molecule has 4 nitrogen and oxygen atoms in total. The topological polar surface area (TPSA) is 33.1 Å². The predicted octanol–water partition coefficient (Wildman–Crippen LogP) is 3.19. The number of rotatable bonds is 7. The Morgan fingerprint density at radius 3 is 3.22 bits per heavy atom. The maximum atomic E-state index is 4.53. The zero-order valence-corrected chi connectivity index (χ0v) is 14.7. The Morgan fingerprint density at radius 1 is 1.52 bits per heavy atom. The van der Waals surface area contributed by atoms with E-state index in [0.717, 1.165) is 31.9 Å². The van der Waals surface area contributed by atoms with Crippen molar-refractivity contribution < 1.29 is 0 Å². The fourth-order valence-electron chi connectivity index (χ4n) is 3.20. The highest BCUT2D eigenvalue weighted by molar-refractivity contribution is 7.09. The lowest BCUT2D eigenvalue weighted by Gasteiger charge is -2.33. The highest BCUT2D eigenvalue weighted by atomic mass is 32.1. The lowest BCUT2D eigenvalue weighted by molar-refractivity contribution is 0.184. The van der Waals surface area contributed by atoms with Gasteiger partial charge in [-0.2, -0.15) is 5.10 Å². The summed E-state index contributed by atoms with van der Waals surface area (Å²) in [4.78, 5) is 4.04. The van der Waals surface area contributed by atoms with Gasteiger partial charge < -0.3 is 5.32 Å². The highest BCUT2D eigenvalue weighted by Gasteiger charge is 2.20. The number of piperidine rings is 1. The van der Waals surface area contributed by atoms with Crippen molar-refractivity contribution in [2.45, 2.75) is 45.4 Å². The summed E-state index contributed by atoms with van der Waals surface area (Å²) in [7, 11) is 0. The van der Waals surface area contributed by atoms with Crippen molar-refractivity contribution in [1.82, 2.24) is 20.0 Å². The molecule has 0 radical (unpaired) electrons. The normalized spacial score (nSPS) is 19.1. The molecule has 0 aromatic carbocycles. The smallest absolute Gasteiger partial charge is 0.0638 e. The highest BCUT2D eigenvalue weighted by Crippen LogP contribution is 2.17. The second kappa shape index (κ2) is 7.90. The Bertz CT molecular complexity index is 617. The summed E-state index contributed by atoms with van der Waals surface area (Å²) in [5.41, 5.74) is 2.41. The van der Waals surface area contributed by atoms with Crippen LogP contribution in [0.3, 0.4) is 0 Å². The molecule has 1 N–H and O–H groups in total. The van der Waals surface area contributed by atoms with Gasteiger partial charge in [0.1, 0.15) is 0 Å². The number of aromatic nitrogens is 2. The number of nitrogens with zero attached hydrogens (tertiary/aromatic N) is 3. The average molecular weight is 331 g/mol. The van der Waals surface area contributed by atoms with Gasteiger partial charge in [0.2, 0.25) is 0 Å². The van der Waals surface area contributed by atoms with E-state index in [1.807, 2.05) is 22.1 Å². The van der Waals surface area contributed by atoms with Crippen molar-refractivity contribution in [2.75, 3.05) is 13.1 Å². The standard InChI is InChI=1S/C18H26N4S/c1-3-8-22-12-16(15(2)20-22)11-19-17-6-4-9-21(13-17)14-18-7-5-10-23-18/h3,5,7,10,12,17,19H,1,4,6,8-9,11,13-14H2,2H3. The largest absolute Gasteiger partial charge is 0.309 e. The lowest BCUT2D eigenvalue weighted by Crippen LogP contribution is -2.44. The Hall–Kier alpha value is -1.43. The van der Waals surface area contributed by atoms with E-state index in [0.29, 0.717) is 6.04 Å². The van der Waals surface area contributed by atoms with E-state index < -0.39 is 0 Å². The van der Waals surface area contributed by atoms with Gasteiger partial charge >= 0.3 is 0 Å². The maximum Gasteiger partial charge on any atom is 0.0638 e. The molecule has 124 valence electrons. The summed E-state index contributed by atoms with van der Waals surface area (Å²) in [6, 6.07) is 4.95. The molecular formula is C18H26N4S. The molecule has 0 spiro atoms. The molecule has 0 aliphatic carbocycles. The Morgan fingerprint density at radius 2 is 2.43 bits per heavy atom. The van der Waals surface area contributed by atoms with Crippen molar-refractivity contribution in [3.63, 3.8) is 0 Å². The van der Waals surface area contributed by atoms with E-state index in [-0.39, 0.29) is 0 Å². The second-order valence-electron chi connectivity index (χ2n) is 6.28. The summed E-state index contributed by atoms with van der Waals surface area (Å²) in [5, 5.41) is 10.4. The van der Waals surface area contributed by atoms with Gasteiger partial charge in [-0.1, -0.05) is 12.1 Å². The van der Waals surface area contributed by atoms with E-state index in [1.54, 1.807) is 0 Å². The van der Waals surface area contributed by atoms with Crippen LogP contribution in [0.2, 0.25) is 0 Å². The third-order valence-corrected chi connectivity index (χ3v) is 5.27. The Labute approximate surface area is 142 Å². The summed E-state index contributed by atoms with van der Waals surface area (Å²) < 4.78 is 1.96. The molecule has 0 saturated carbocycles. The van der Waals surface area contributed by atoms with Crippen molar-refractivity contribution in [3.05, 3.63) is 52.5 Å². The van der Waals surface area contributed by atoms with Gasteiger partial charge in [-0.25, -0.2) is 0 Å². The summed E-state index contributed by atoms with van der Waals surface area (Å²) >= 11 is 1.86. The average Bonchev–Trinajstić information content (AvgIpc) is 3.16. The van der Waals surface area contributed by atoms with Crippen LogP contribution in [0.25, 0.3) is 0 Å². The van der Waals surface area contributed by atoms with Crippen LogP contribution in [0.5, 0.6) is 0 Å². The first-order chi connectivity index (χ1) is 11.2. The van der Waals surface area contributed by atoms with Crippen LogP contribution in [0, 0.1) is 6.92 Å². The number of hydrogen-bond donors (Lipinski definition) is 1. The molecule has 1 atom stereocenters.